The van der Waals surface area contributed by atoms with E-state index in [1.807, 2.05) is 0 Å². The first-order valence-corrected chi connectivity index (χ1v) is 10.8. The average Bonchev–Trinajstić information content (AvgIpc) is 3.42. The second kappa shape index (κ2) is 12.9. The van der Waals surface area contributed by atoms with Gasteiger partial charge in [-0.15, -0.1) is 0 Å². The topological polar surface area (TPSA) is 55.1 Å². The van der Waals surface area contributed by atoms with Crippen molar-refractivity contribution in [2.75, 3.05) is 11.5 Å². The van der Waals surface area contributed by atoms with Gasteiger partial charge < -0.3 is 15.8 Å². The summed E-state index contributed by atoms with van der Waals surface area (Å²) >= 11 is 1.77. The highest BCUT2D eigenvalue weighted by Crippen LogP contribution is 2.28. The summed E-state index contributed by atoms with van der Waals surface area (Å²) in [6.07, 6.45) is 14.6. The van der Waals surface area contributed by atoms with Gasteiger partial charge in [0.15, 0.2) is 0 Å². The maximum Gasteiger partial charge on any atom is 0.143 e. The average molecular weight is 377 g/mol. The molecule has 0 radical (unpaired) electrons. The summed E-state index contributed by atoms with van der Waals surface area (Å²) in [5, 5.41) is 3.12. The number of thioether (sulfide) groups is 1. The largest absolute Gasteiger partial charge is 0.386 e. The van der Waals surface area contributed by atoms with Crippen LogP contribution < -0.4 is 11.1 Å². The van der Waals surface area contributed by atoms with Crippen molar-refractivity contribution in [3.63, 3.8) is 0 Å². The normalized spacial score (nSPS) is 15.5. The van der Waals surface area contributed by atoms with Crippen LogP contribution in [-0.2, 0) is 4.79 Å². The highest BCUT2D eigenvalue weighted by Gasteiger charge is 2.17. The maximum absolute atomic E-state index is 11.1. The Hall–Kier alpha value is -1.42. The van der Waals surface area contributed by atoms with Gasteiger partial charge in [0.05, 0.1) is 11.9 Å². The molecular weight excluding hydrogens is 340 g/mol. The fraction of sp³-hybridized carbons (Fsp3) is 0.591. The van der Waals surface area contributed by atoms with Crippen molar-refractivity contribution in [2.24, 2.45) is 5.73 Å². The predicted octanol–water partition coefficient (Wildman–Crippen LogP) is 5.26. The molecule has 1 atom stereocenters. The lowest BCUT2D eigenvalue weighted by atomic mass is 10.1. The van der Waals surface area contributed by atoms with Gasteiger partial charge in [0.2, 0.25) is 0 Å². The zero-order valence-electron chi connectivity index (χ0n) is 16.9. The second-order valence-electron chi connectivity index (χ2n) is 7.40. The van der Waals surface area contributed by atoms with Gasteiger partial charge in [-0.1, -0.05) is 34.9 Å². The van der Waals surface area contributed by atoms with Crippen LogP contribution in [0.25, 0.3) is 0 Å². The second-order valence-corrected chi connectivity index (χ2v) is 8.48. The summed E-state index contributed by atoms with van der Waals surface area (Å²) in [7, 11) is 0. The molecule has 0 aliphatic heterocycles. The molecule has 1 aliphatic rings. The molecule has 0 aromatic rings. The van der Waals surface area contributed by atoms with Crippen molar-refractivity contribution in [3.05, 3.63) is 46.3 Å². The van der Waals surface area contributed by atoms with Gasteiger partial charge in [0, 0.05) is 11.5 Å². The van der Waals surface area contributed by atoms with Crippen molar-refractivity contribution in [2.45, 2.75) is 72.3 Å². The lowest BCUT2D eigenvalue weighted by Crippen LogP contribution is -2.35. The molecule has 26 heavy (non-hydrogen) atoms. The van der Waals surface area contributed by atoms with Crippen molar-refractivity contribution >= 4 is 18.0 Å². The zero-order chi connectivity index (χ0) is 19.4. The van der Waals surface area contributed by atoms with Crippen LogP contribution in [0.15, 0.2) is 46.3 Å². The van der Waals surface area contributed by atoms with Crippen LogP contribution in [0.4, 0.5) is 0 Å². The molecule has 1 unspecified atom stereocenters. The van der Waals surface area contributed by atoms with E-state index in [0.717, 1.165) is 56.3 Å². The number of rotatable bonds is 13. The fourth-order valence-electron chi connectivity index (χ4n) is 2.48. The van der Waals surface area contributed by atoms with E-state index in [-0.39, 0.29) is 6.04 Å². The predicted molar refractivity (Wildman–Crippen MR) is 116 cm³/mol. The number of nitrogens with one attached hydrogen (secondary N) is 1. The van der Waals surface area contributed by atoms with E-state index in [1.165, 1.54) is 22.3 Å². The Balaban J connectivity index is 2.19. The first-order chi connectivity index (χ1) is 12.4. The summed E-state index contributed by atoms with van der Waals surface area (Å²) in [4.78, 5) is 11.1. The molecule has 1 saturated carbocycles. The van der Waals surface area contributed by atoms with Crippen molar-refractivity contribution in [1.29, 1.82) is 0 Å². The standard InChI is InChI=1S/C22H36N2OS/c1-17(2)7-5-8-18(3)9-6-10-19(4)13-14-26-16-21(15-25)24-22(23)20-11-12-20/h7,9,13,15,21,24H,5-6,8,10-12,14,16,23H2,1-4H3/b18-9+,19-13+. The summed E-state index contributed by atoms with van der Waals surface area (Å²) in [5.74, 6) is 2.41. The first-order valence-electron chi connectivity index (χ1n) is 9.64. The van der Waals surface area contributed by atoms with Gasteiger partial charge in [0.25, 0.3) is 0 Å². The van der Waals surface area contributed by atoms with Crippen LogP contribution >= 0.6 is 11.8 Å². The number of hydrogen-bond acceptors (Lipinski definition) is 4. The van der Waals surface area contributed by atoms with Crippen LogP contribution in [0.3, 0.4) is 0 Å². The zero-order valence-corrected chi connectivity index (χ0v) is 17.8. The van der Waals surface area contributed by atoms with E-state index < -0.39 is 0 Å². The number of carbonyl (C=O) groups is 1. The molecule has 0 spiro atoms. The van der Waals surface area contributed by atoms with Gasteiger partial charge in [-0.25, -0.2) is 0 Å². The summed E-state index contributed by atoms with van der Waals surface area (Å²) in [6, 6.07) is -0.187. The quantitative estimate of drug-likeness (QED) is 0.261. The molecule has 0 heterocycles. The maximum atomic E-state index is 11.1. The Kier molecular flexibility index (Phi) is 11.2. The molecule has 0 saturated heterocycles. The van der Waals surface area contributed by atoms with E-state index in [2.05, 4.69) is 51.2 Å². The third-order valence-electron chi connectivity index (χ3n) is 4.36. The summed E-state index contributed by atoms with van der Waals surface area (Å²) < 4.78 is 0. The van der Waals surface area contributed by atoms with Crippen molar-refractivity contribution < 1.29 is 4.79 Å². The lowest BCUT2D eigenvalue weighted by molar-refractivity contribution is -0.109. The van der Waals surface area contributed by atoms with E-state index in [9.17, 15) is 4.79 Å². The molecule has 4 heteroatoms. The van der Waals surface area contributed by atoms with Crippen LogP contribution in [0.2, 0.25) is 0 Å². The van der Waals surface area contributed by atoms with E-state index in [0.29, 0.717) is 5.82 Å². The Labute approximate surface area is 164 Å². The van der Waals surface area contributed by atoms with Gasteiger partial charge in [-0.3, -0.25) is 0 Å². The van der Waals surface area contributed by atoms with Gasteiger partial charge >= 0.3 is 0 Å². The summed E-state index contributed by atoms with van der Waals surface area (Å²) in [5.41, 5.74) is 11.5. The number of nitrogens with two attached hydrogens (primary N) is 1. The Bertz CT molecular complexity index is 563. The molecule has 1 aliphatic carbocycles. The van der Waals surface area contributed by atoms with Gasteiger partial charge in [-0.05, 0) is 71.8 Å². The third-order valence-corrected chi connectivity index (χ3v) is 5.35. The van der Waals surface area contributed by atoms with Gasteiger partial charge in [-0.2, -0.15) is 11.8 Å². The minimum Gasteiger partial charge on any atom is -0.386 e. The molecule has 1 fully saturated rings. The summed E-state index contributed by atoms with van der Waals surface area (Å²) in [6.45, 7) is 8.72. The monoisotopic (exact) mass is 376 g/mol. The molecule has 0 bridgehead atoms. The molecule has 0 aromatic heterocycles. The SMILES string of the molecule is CC(C)=CCC/C(C)=C/CC/C(C)=C/CSCC(C=O)NC(N)=C1CC1. The molecular formula is C22H36N2OS. The van der Waals surface area contributed by atoms with E-state index in [1.54, 1.807) is 11.8 Å². The lowest BCUT2D eigenvalue weighted by Gasteiger charge is -2.13. The van der Waals surface area contributed by atoms with E-state index >= 15 is 0 Å². The minimum atomic E-state index is -0.187. The highest BCUT2D eigenvalue weighted by atomic mass is 32.2. The van der Waals surface area contributed by atoms with Crippen LogP contribution in [-0.4, -0.2) is 23.8 Å². The van der Waals surface area contributed by atoms with Gasteiger partial charge in [0.1, 0.15) is 6.29 Å². The van der Waals surface area contributed by atoms with Crippen molar-refractivity contribution in [1.82, 2.24) is 5.32 Å². The number of carbonyl (C=O) groups excluding carboxylic acids is 1. The molecule has 0 amide bonds. The van der Waals surface area contributed by atoms with Crippen molar-refractivity contribution in [3.8, 4) is 0 Å². The molecule has 1 rings (SSSR count). The molecule has 0 aromatic carbocycles. The third kappa shape index (κ3) is 11.2. The van der Waals surface area contributed by atoms with Crippen LogP contribution in [0, 0.1) is 0 Å². The van der Waals surface area contributed by atoms with Crippen LogP contribution in [0.1, 0.15) is 66.2 Å². The molecule has 3 nitrogen and oxygen atoms in total. The highest BCUT2D eigenvalue weighted by molar-refractivity contribution is 7.99. The molecule has 146 valence electrons. The van der Waals surface area contributed by atoms with E-state index in [4.69, 9.17) is 5.73 Å². The Morgan fingerprint density at radius 3 is 2.27 bits per heavy atom. The fourth-order valence-corrected chi connectivity index (χ4v) is 3.44. The number of hydrogen-bond donors (Lipinski definition) is 2. The smallest absolute Gasteiger partial charge is 0.143 e. The first kappa shape index (κ1) is 22.6. The Morgan fingerprint density at radius 1 is 1.08 bits per heavy atom. The molecule has 3 N–H and O–H groups in total. The number of aldehydes is 1. The number of allylic oxidation sites excluding steroid dienone is 6. The Morgan fingerprint density at radius 2 is 1.69 bits per heavy atom. The minimum absolute atomic E-state index is 0.187. The van der Waals surface area contributed by atoms with Crippen LogP contribution in [0.5, 0.6) is 0 Å².